The van der Waals surface area contributed by atoms with Crippen molar-refractivity contribution in [2.24, 2.45) is 10.4 Å². The summed E-state index contributed by atoms with van der Waals surface area (Å²) in [7, 11) is 0. The highest BCUT2D eigenvalue weighted by molar-refractivity contribution is 5.99. The lowest BCUT2D eigenvalue weighted by Gasteiger charge is -2.28. The van der Waals surface area contributed by atoms with Crippen molar-refractivity contribution >= 4 is 87.0 Å². The fourth-order valence-corrected chi connectivity index (χ4v) is 13.0. The molecule has 0 saturated carbocycles. The molecule has 133 heavy (non-hydrogen) atoms. The van der Waals surface area contributed by atoms with Gasteiger partial charge in [0.2, 0.25) is 17.7 Å². The first-order valence-corrected chi connectivity index (χ1v) is 44.0. The van der Waals surface area contributed by atoms with E-state index in [1.165, 1.54) is 6.33 Å². The normalized spacial score (nSPS) is 12.6. The van der Waals surface area contributed by atoms with Crippen molar-refractivity contribution in [1.82, 2.24) is 93.4 Å². The molecule has 3 aliphatic rings. The molecule has 7 aromatic heterocycles. The quantitative estimate of drug-likeness (QED) is 0.0262. The van der Waals surface area contributed by atoms with E-state index < -0.39 is 5.41 Å². The third-order valence-corrected chi connectivity index (χ3v) is 20.7. The van der Waals surface area contributed by atoms with Gasteiger partial charge in [0, 0.05) is 96.9 Å². The Morgan fingerprint density at radius 3 is 1.59 bits per heavy atom. The van der Waals surface area contributed by atoms with Crippen molar-refractivity contribution in [3.05, 3.63) is 335 Å². The molecule has 694 valence electrons. The van der Waals surface area contributed by atoms with Crippen LogP contribution in [0.5, 0.6) is 11.6 Å². The zero-order valence-electron chi connectivity index (χ0n) is 79.6. The SMILES string of the molecule is C=C(Cc1ccn(C(C)C)c(=O)n1)c1ccccc1.C=C(Cc1nc(=O)n(C(C)C)cc1C)c1ccccc1.C=C1C=CN(C(C)C)C(=O)N1.C=C1NC(=O)N(C(C)C)C=C1C.C=C1NC=Nc2c1ncn2C(C)C.CC(C)n1cnc2c(CC(=O)c3ccccc3)ncnc21.CC(C)n1cnc2c(OCc3ccc(OC(=O)C(C)(C)C)cc3)nc(NC(=O)Cc3ccccc3)nc21. The Balaban J connectivity index is 0.000000182. The van der Waals surface area contributed by atoms with Gasteiger partial charge in [0.1, 0.15) is 29.9 Å². The van der Waals surface area contributed by atoms with Crippen LogP contribution in [0.3, 0.4) is 0 Å². The number of Topliss-reactive ketones (excluding diaryl/α,β-unsaturated/α-hetero) is 1. The van der Waals surface area contributed by atoms with Crippen LogP contribution in [0.2, 0.25) is 0 Å². The number of imidazole rings is 3. The molecule has 0 fully saturated rings. The van der Waals surface area contributed by atoms with Gasteiger partial charge in [0.25, 0.3) is 0 Å². The van der Waals surface area contributed by atoms with Gasteiger partial charge >= 0.3 is 29.4 Å². The fourth-order valence-electron chi connectivity index (χ4n) is 13.0. The van der Waals surface area contributed by atoms with E-state index in [1.807, 2.05) is 249 Å². The van der Waals surface area contributed by atoms with Crippen molar-refractivity contribution in [2.75, 3.05) is 5.32 Å². The van der Waals surface area contributed by atoms with Gasteiger partial charge in [-0.25, -0.2) is 49.1 Å². The summed E-state index contributed by atoms with van der Waals surface area (Å²) in [4.78, 5) is 130. The number of hydrogen-bond donors (Lipinski definition) is 4. The molecule has 15 rings (SSSR count). The average molecular weight is 1800 g/mol. The molecular weight excluding hydrogens is 1680 g/mol. The number of ketones is 1. The summed E-state index contributed by atoms with van der Waals surface area (Å²) in [6, 6.07) is 48.8. The molecule has 4 N–H and O–H groups in total. The van der Waals surface area contributed by atoms with Crippen molar-refractivity contribution in [3.8, 4) is 11.6 Å². The minimum absolute atomic E-state index is 0.0368. The second-order valence-corrected chi connectivity index (χ2v) is 34.7. The van der Waals surface area contributed by atoms with E-state index in [0.29, 0.717) is 64.0 Å². The van der Waals surface area contributed by atoms with Crippen molar-refractivity contribution in [2.45, 2.75) is 206 Å². The van der Waals surface area contributed by atoms with Gasteiger partial charge in [0.05, 0.1) is 66.4 Å². The highest BCUT2D eigenvalue weighted by atomic mass is 16.5. The standard InChI is InChI=1S/C28H31N5O4.C17H20N2O.C16H16N4O.C16H18N2O.C9H12N4.C9H14N2O.C8H12N2O/c1-18(2)33-17-29-23-24(33)31-27(30-22(34)15-19-9-7-6-8-10-19)32-25(23)36-16-20-11-13-21(14-12-20)37-26(35)28(3,4)5;1-12(2)19-11-14(4)16(18-17(19)20)10-13(3)15-8-6-5-7-9-15;1-11(2)20-10-19-15-13(17-9-18-16(15)20)8-14(21)12-6-4-3-5-7-12;1-12(2)18-10-9-15(17-16(18)19)11-13(3)14-7-5-4-6-8-14;1-6(2)13-5-12-8-7(3)10-4-11-9(8)13;1-6(2)11-5-7(3)8(4)10-9(11)12;1-6(2)10-5-4-7(3)9-8(10)11/h6-14,17-18H,15-16H2,1-5H3,(H,30,31,32,34);5-9,11-12H,3,10H2,1-2,4H3;3-7,9-11H,8H2,1-2H3;4-10,12H,3,11H2,1-2H3;4-6H,3H2,1-2H3,(H,10,11);5-6H,4H2,1-3H3,(H,10,12);4-6H,3H2,1-2H3,(H,9,11). The molecule has 5 amide bonds. The molecule has 12 aromatic rings. The maximum Gasteiger partial charge on any atom is 0.348 e. The maximum absolute atomic E-state index is 12.6. The predicted octanol–water partition coefficient (Wildman–Crippen LogP) is 19.4. The third kappa shape index (κ3) is 28.9. The Morgan fingerprint density at radius 1 is 0.496 bits per heavy atom. The number of aromatic nitrogens is 14. The summed E-state index contributed by atoms with van der Waals surface area (Å²) in [5.41, 5.74) is 15.4. The number of aryl methyl sites for hydroxylation is 1. The molecule has 0 atom stereocenters. The average Bonchev–Trinajstić information content (AvgIpc) is 1.68. The number of fused-ring (bicyclic) bond motifs is 3. The van der Waals surface area contributed by atoms with Gasteiger partial charge in [-0.05, 0) is 200 Å². The Hall–Kier alpha value is -15.2. The summed E-state index contributed by atoms with van der Waals surface area (Å²) in [6.45, 7) is 57.0. The van der Waals surface area contributed by atoms with E-state index in [9.17, 15) is 33.6 Å². The molecule has 0 radical (unpaired) electrons. The molecule has 0 aliphatic carbocycles. The molecule has 0 spiro atoms. The number of urea groups is 2. The number of nitrogens with one attached hydrogen (secondary N) is 4. The summed E-state index contributed by atoms with van der Waals surface area (Å²) in [5, 5.41) is 11.0. The molecule has 30 nitrogen and oxygen atoms in total. The van der Waals surface area contributed by atoms with E-state index in [1.54, 1.807) is 95.6 Å². The van der Waals surface area contributed by atoms with Crippen LogP contribution in [0.15, 0.2) is 272 Å². The first-order valence-electron chi connectivity index (χ1n) is 44.0. The molecule has 0 saturated heterocycles. The van der Waals surface area contributed by atoms with Crippen LogP contribution in [-0.2, 0) is 41.9 Å². The number of rotatable bonds is 23. The minimum Gasteiger partial charge on any atom is -0.471 e. The molecule has 5 aromatic carbocycles. The Morgan fingerprint density at radius 2 is 1.03 bits per heavy atom. The monoisotopic (exact) mass is 1800 g/mol. The number of nitrogens with zero attached hydrogens (tertiary/aromatic N) is 17. The lowest BCUT2D eigenvalue weighted by molar-refractivity contribution is -0.143. The van der Waals surface area contributed by atoms with E-state index >= 15 is 0 Å². The largest absolute Gasteiger partial charge is 0.471 e. The van der Waals surface area contributed by atoms with Crippen LogP contribution in [-0.4, -0.2) is 126 Å². The maximum atomic E-state index is 12.6. The Bertz CT molecular complexity index is 6330. The molecule has 0 unspecified atom stereocenters. The minimum atomic E-state index is -0.590. The van der Waals surface area contributed by atoms with Crippen LogP contribution in [0.25, 0.3) is 39.2 Å². The first kappa shape index (κ1) is 102. The van der Waals surface area contributed by atoms with Crippen molar-refractivity contribution in [1.29, 1.82) is 0 Å². The van der Waals surface area contributed by atoms with Crippen LogP contribution in [0, 0.1) is 12.3 Å². The van der Waals surface area contributed by atoms with Crippen molar-refractivity contribution < 1.29 is 33.4 Å². The Kier molecular flexibility index (Phi) is 36.2. The third-order valence-electron chi connectivity index (χ3n) is 20.7. The lowest BCUT2D eigenvalue weighted by atomic mass is 9.97. The topological polar surface area (TPSA) is 346 Å². The van der Waals surface area contributed by atoms with E-state index in [-0.39, 0.29) is 109 Å². The van der Waals surface area contributed by atoms with Crippen LogP contribution >= 0.6 is 0 Å². The van der Waals surface area contributed by atoms with Gasteiger partial charge in [-0.15, -0.1) is 0 Å². The van der Waals surface area contributed by atoms with Crippen LogP contribution in [0.4, 0.5) is 21.4 Å². The molecule has 30 heteroatoms. The van der Waals surface area contributed by atoms with Gasteiger partial charge in [-0.3, -0.25) is 38.6 Å². The summed E-state index contributed by atoms with van der Waals surface area (Å²) >= 11 is 0. The zero-order chi connectivity index (χ0) is 97.1. The number of carbonyl (C=O) groups excluding carboxylic acids is 5. The molecule has 3 aliphatic heterocycles. The molecular formula is C103H123N21O9. The van der Waals surface area contributed by atoms with E-state index in [2.05, 4.69) is 132 Å². The summed E-state index contributed by atoms with van der Waals surface area (Å²) in [6.07, 6.45) is 19.0. The highest BCUT2D eigenvalue weighted by Crippen LogP contribution is 2.31. The van der Waals surface area contributed by atoms with Gasteiger partial charge in [-0.1, -0.05) is 166 Å². The number of aliphatic imine (C=N–C) groups is 1. The summed E-state index contributed by atoms with van der Waals surface area (Å²) in [5.74, 6) is 1.27. The highest BCUT2D eigenvalue weighted by Gasteiger charge is 2.26. The number of ether oxygens (including phenoxy) is 2. The van der Waals surface area contributed by atoms with Crippen LogP contribution < -0.4 is 42.1 Å². The predicted molar refractivity (Wildman–Crippen MR) is 527 cm³/mol. The second kappa shape index (κ2) is 47.4. The first-order chi connectivity index (χ1) is 63.1. The summed E-state index contributed by atoms with van der Waals surface area (Å²) < 4.78 is 20.6. The molecule has 0 bridgehead atoms. The smallest absolute Gasteiger partial charge is 0.348 e. The zero-order valence-corrected chi connectivity index (χ0v) is 79.6. The number of hydrogen-bond acceptors (Lipinski definition) is 20. The molecule has 10 heterocycles. The van der Waals surface area contributed by atoms with Crippen LogP contribution in [0.1, 0.15) is 216 Å². The lowest BCUT2D eigenvalue weighted by Crippen LogP contribution is -2.43. The number of benzene rings is 5. The van der Waals surface area contributed by atoms with Gasteiger partial charge in [-0.2, -0.15) is 19.9 Å². The van der Waals surface area contributed by atoms with Crippen molar-refractivity contribution in [3.63, 3.8) is 0 Å². The number of esters is 1. The van der Waals surface area contributed by atoms with E-state index in [0.717, 1.165) is 78.8 Å². The van der Waals surface area contributed by atoms with Gasteiger partial charge < -0.3 is 39.1 Å². The van der Waals surface area contributed by atoms with Gasteiger partial charge in [0.15, 0.2) is 28.4 Å². The number of allylic oxidation sites excluding steroid dienone is 4. The second-order valence-electron chi connectivity index (χ2n) is 34.7. The Labute approximate surface area is 778 Å². The number of carbonyl (C=O) groups is 5. The van der Waals surface area contributed by atoms with E-state index in [4.69, 9.17) is 9.47 Å². The fraction of sp³-hybridized carbons (Fsp3) is 0.311. The number of amides is 5. The number of anilines is 1.